The quantitative estimate of drug-likeness (QED) is 0.879. The molecule has 0 amide bonds. The number of hydrogen-bond donors (Lipinski definition) is 1. The number of benzene rings is 1. The highest BCUT2D eigenvalue weighted by Crippen LogP contribution is 2.34. The first kappa shape index (κ1) is 14.3. The maximum absolute atomic E-state index is 13.4. The minimum atomic E-state index is -1.25. The lowest BCUT2D eigenvalue weighted by Gasteiger charge is -2.18. The van der Waals surface area contributed by atoms with Crippen molar-refractivity contribution in [1.82, 2.24) is 0 Å². The third kappa shape index (κ3) is 3.61. The fourth-order valence-corrected chi connectivity index (χ4v) is 1.43. The summed E-state index contributed by atoms with van der Waals surface area (Å²) in [4.78, 5) is 11.1. The number of ether oxygens (including phenoxy) is 2. The van der Waals surface area contributed by atoms with Gasteiger partial charge in [0.25, 0.3) is 0 Å². The van der Waals surface area contributed by atoms with Gasteiger partial charge in [0.2, 0.25) is 0 Å². The van der Waals surface area contributed by atoms with Crippen LogP contribution in [-0.2, 0) is 0 Å². The Labute approximate surface area is 105 Å². The summed E-state index contributed by atoms with van der Waals surface area (Å²) in [5.74, 6) is -1.75. The molecule has 1 N–H and O–H groups in total. The smallest absolute Gasteiger partial charge is 0.339 e. The van der Waals surface area contributed by atoms with E-state index in [9.17, 15) is 9.18 Å². The van der Waals surface area contributed by atoms with E-state index in [2.05, 4.69) is 0 Å². The van der Waals surface area contributed by atoms with Gasteiger partial charge >= 0.3 is 5.97 Å². The van der Waals surface area contributed by atoms with Crippen LogP contribution in [0.1, 0.15) is 38.1 Å². The van der Waals surface area contributed by atoms with E-state index in [1.807, 2.05) is 0 Å². The Bertz CT molecular complexity index is 441. The third-order valence-electron chi connectivity index (χ3n) is 1.97. The molecule has 1 aromatic carbocycles. The molecule has 0 atom stereocenters. The first-order valence-corrected chi connectivity index (χ1v) is 5.71. The number of hydrogen-bond acceptors (Lipinski definition) is 3. The molecule has 4 nitrogen and oxygen atoms in total. The van der Waals surface area contributed by atoms with Gasteiger partial charge in [0.05, 0.1) is 12.2 Å². The monoisotopic (exact) mass is 256 g/mol. The predicted octanol–water partition coefficient (Wildman–Crippen LogP) is 3.10. The summed E-state index contributed by atoms with van der Waals surface area (Å²) >= 11 is 0. The number of halogens is 1. The largest absolute Gasteiger partial charge is 0.487 e. The Morgan fingerprint density at radius 2 is 1.72 bits per heavy atom. The number of carbonyl (C=O) groups is 1. The summed E-state index contributed by atoms with van der Waals surface area (Å²) < 4.78 is 24.2. The average molecular weight is 256 g/mol. The molecule has 0 heterocycles. The van der Waals surface area contributed by atoms with E-state index in [0.29, 0.717) is 0 Å². The van der Waals surface area contributed by atoms with Gasteiger partial charge in [0.15, 0.2) is 11.5 Å². The van der Waals surface area contributed by atoms with Crippen molar-refractivity contribution in [1.29, 1.82) is 0 Å². The normalized spacial score (nSPS) is 10.8. The van der Waals surface area contributed by atoms with Gasteiger partial charge in [-0.15, -0.1) is 0 Å². The van der Waals surface area contributed by atoms with Crippen molar-refractivity contribution < 1.29 is 23.8 Å². The summed E-state index contributed by atoms with van der Waals surface area (Å²) in [6.07, 6.45) is -0.439. The van der Waals surface area contributed by atoms with E-state index in [1.165, 1.54) is 0 Å². The van der Waals surface area contributed by atoms with Crippen molar-refractivity contribution in [3.63, 3.8) is 0 Å². The molecule has 1 rings (SSSR count). The second-order valence-corrected chi connectivity index (χ2v) is 4.42. The van der Waals surface area contributed by atoms with E-state index in [-0.39, 0.29) is 29.3 Å². The maximum Gasteiger partial charge on any atom is 0.339 e. The van der Waals surface area contributed by atoms with E-state index in [1.54, 1.807) is 27.7 Å². The van der Waals surface area contributed by atoms with Crippen LogP contribution in [0, 0.1) is 5.82 Å². The van der Waals surface area contributed by atoms with Crippen molar-refractivity contribution in [2.45, 2.75) is 39.9 Å². The topological polar surface area (TPSA) is 55.8 Å². The van der Waals surface area contributed by atoms with Gasteiger partial charge in [0.1, 0.15) is 11.4 Å². The van der Waals surface area contributed by atoms with Crippen molar-refractivity contribution in [2.24, 2.45) is 0 Å². The Kier molecular flexibility index (Phi) is 4.53. The molecule has 1 aromatic rings. The van der Waals surface area contributed by atoms with E-state index >= 15 is 0 Å². The van der Waals surface area contributed by atoms with Crippen LogP contribution in [-0.4, -0.2) is 23.3 Å². The molecule has 0 spiro atoms. The predicted molar refractivity (Wildman–Crippen MR) is 64.9 cm³/mol. The highest BCUT2D eigenvalue weighted by atomic mass is 19.1. The van der Waals surface area contributed by atoms with Gasteiger partial charge < -0.3 is 14.6 Å². The van der Waals surface area contributed by atoms with Crippen molar-refractivity contribution in [3.8, 4) is 11.5 Å². The molecule has 0 aromatic heterocycles. The second-order valence-electron chi connectivity index (χ2n) is 4.42. The van der Waals surface area contributed by atoms with Crippen LogP contribution in [0.25, 0.3) is 0 Å². The van der Waals surface area contributed by atoms with Crippen LogP contribution in [0.15, 0.2) is 12.1 Å². The molecule has 0 aliphatic rings. The Hall–Kier alpha value is -1.78. The Morgan fingerprint density at radius 3 is 2.17 bits per heavy atom. The van der Waals surface area contributed by atoms with Gasteiger partial charge in [-0.2, -0.15) is 0 Å². The summed E-state index contributed by atoms with van der Waals surface area (Å²) in [6.45, 7) is 7.05. The minimum Gasteiger partial charge on any atom is -0.487 e. The van der Waals surface area contributed by atoms with E-state index < -0.39 is 11.8 Å². The summed E-state index contributed by atoms with van der Waals surface area (Å²) in [5, 5.41) is 9.06. The van der Waals surface area contributed by atoms with E-state index in [4.69, 9.17) is 14.6 Å². The molecule has 0 fully saturated rings. The molecule has 0 unspecified atom stereocenters. The molecule has 100 valence electrons. The van der Waals surface area contributed by atoms with Crippen LogP contribution >= 0.6 is 0 Å². The van der Waals surface area contributed by atoms with Crippen LogP contribution in [0.4, 0.5) is 4.39 Å². The zero-order valence-electron chi connectivity index (χ0n) is 10.9. The minimum absolute atomic E-state index is 0.0626. The molecule has 0 aliphatic carbocycles. The fraction of sp³-hybridized carbons (Fsp3) is 0.462. The first-order chi connectivity index (χ1) is 8.31. The fourth-order valence-electron chi connectivity index (χ4n) is 1.43. The standard InChI is InChI=1S/C13H17FO4/c1-7(2)17-11-6-9(14)5-10(13(15)16)12(11)18-8(3)4/h5-8H,1-4H3,(H,15,16). The molecule has 5 heteroatoms. The zero-order valence-corrected chi connectivity index (χ0v) is 10.9. The molecule has 0 saturated carbocycles. The van der Waals surface area contributed by atoms with Crippen LogP contribution in [0.5, 0.6) is 11.5 Å². The van der Waals surface area contributed by atoms with Crippen LogP contribution < -0.4 is 9.47 Å². The van der Waals surface area contributed by atoms with Gasteiger partial charge in [-0.05, 0) is 33.8 Å². The van der Waals surface area contributed by atoms with E-state index in [0.717, 1.165) is 12.1 Å². The maximum atomic E-state index is 13.4. The number of carboxylic acids is 1. The molecular weight excluding hydrogens is 239 g/mol. The lowest BCUT2D eigenvalue weighted by molar-refractivity contribution is 0.0687. The van der Waals surface area contributed by atoms with Gasteiger partial charge in [-0.3, -0.25) is 0 Å². The number of rotatable bonds is 5. The van der Waals surface area contributed by atoms with Crippen molar-refractivity contribution in [3.05, 3.63) is 23.5 Å². The molecule has 0 saturated heterocycles. The molecule has 0 radical (unpaired) electrons. The summed E-state index contributed by atoms with van der Waals surface area (Å²) in [7, 11) is 0. The van der Waals surface area contributed by atoms with Crippen LogP contribution in [0.2, 0.25) is 0 Å². The van der Waals surface area contributed by atoms with Crippen molar-refractivity contribution in [2.75, 3.05) is 0 Å². The average Bonchev–Trinajstić information content (AvgIpc) is 2.19. The van der Waals surface area contributed by atoms with Gasteiger partial charge in [-0.1, -0.05) is 0 Å². The third-order valence-corrected chi connectivity index (χ3v) is 1.97. The zero-order chi connectivity index (χ0) is 13.9. The second kappa shape index (κ2) is 5.71. The number of carboxylic acid groups (broad SMARTS) is 1. The molecule has 0 bridgehead atoms. The first-order valence-electron chi connectivity index (χ1n) is 5.71. The Morgan fingerprint density at radius 1 is 1.17 bits per heavy atom. The highest BCUT2D eigenvalue weighted by molar-refractivity contribution is 5.92. The molecule has 18 heavy (non-hydrogen) atoms. The highest BCUT2D eigenvalue weighted by Gasteiger charge is 2.20. The van der Waals surface area contributed by atoms with Crippen LogP contribution in [0.3, 0.4) is 0 Å². The molecule has 0 aliphatic heterocycles. The Balaban J connectivity index is 3.32. The SMILES string of the molecule is CC(C)Oc1cc(F)cc(C(=O)O)c1OC(C)C. The lowest BCUT2D eigenvalue weighted by Crippen LogP contribution is -2.14. The van der Waals surface area contributed by atoms with Gasteiger partial charge in [-0.25, -0.2) is 9.18 Å². The summed E-state index contributed by atoms with van der Waals surface area (Å²) in [5.41, 5.74) is -0.237. The van der Waals surface area contributed by atoms with Gasteiger partial charge in [0, 0.05) is 6.07 Å². The van der Waals surface area contributed by atoms with Crippen molar-refractivity contribution >= 4 is 5.97 Å². The summed E-state index contributed by atoms with van der Waals surface area (Å²) in [6, 6.07) is 2.05. The lowest BCUT2D eigenvalue weighted by atomic mass is 10.1. The number of aromatic carboxylic acids is 1. The molecular formula is C13H17FO4.